The molecule has 0 aliphatic heterocycles. The highest BCUT2D eigenvalue weighted by Gasteiger charge is 2.21. The van der Waals surface area contributed by atoms with E-state index in [9.17, 15) is 0 Å². The molecular formula is C47H33NS. The molecule has 0 radical (unpaired) electrons. The van der Waals surface area contributed by atoms with Gasteiger partial charge in [0.15, 0.2) is 0 Å². The summed E-state index contributed by atoms with van der Waals surface area (Å²) in [6.45, 7) is 2.22. The fraction of sp³-hybridized carbons (Fsp3) is 0.0213. The largest absolute Gasteiger partial charge is 0.310 e. The zero-order valence-electron chi connectivity index (χ0n) is 27.2. The quantitative estimate of drug-likeness (QED) is 0.174. The molecule has 0 fully saturated rings. The smallest absolute Gasteiger partial charge is 0.0546 e. The number of hydrogen-bond donors (Lipinski definition) is 0. The summed E-state index contributed by atoms with van der Waals surface area (Å²) >= 11 is 1.87. The lowest BCUT2D eigenvalue weighted by atomic mass is 9.95. The van der Waals surface area contributed by atoms with Crippen LogP contribution in [0.2, 0.25) is 0 Å². The molecule has 0 aliphatic rings. The Kier molecular flexibility index (Phi) is 7.30. The van der Waals surface area contributed by atoms with E-state index in [1.807, 2.05) is 11.3 Å². The second-order valence-electron chi connectivity index (χ2n) is 12.6. The Morgan fingerprint density at radius 2 is 1.00 bits per heavy atom. The minimum Gasteiger partial charge on any atom is -0.310 e. The van der Waals surface area contributed by atoms with E-state index in [0.29, 0.717) is 0 Å². The van der Waals surface area contributed by atoms with Crippen molar-refractivity contribution in [2.45, 2.75) is 6.92 Å². The number of hydrogen-bond acceptors (Lipinski definition) is 2. The molecule has 8 aromatic carbocycles. The Labute approximate surface area is 291 Å². The Morgan fingerprint density at radius 1 is 0.408 bits per heavy atom. The predicted molar refractivity (Wildman–Crippen MR) is 213 cm³/mol. The van der Waals surface area contributed by atoms with Gasteiger partial charge in [0.05, 0.1) is 5.69 Å². The van der Waals surface area contributed by atoms with E-state index in [1.165, 1.54) is 69.9 Å². The van der Waals surface area contributed by atoms with Gasteiger partial charge < -0.3 is 4.90 Å². The minimum atomic E-state index is 1.12. The van der Waals surface area contributed by atoms with Gasteiger partial charge in [0, 0.05) is 37.1 Å². The van der Waals surface area contributed by atoms with Gasteiger partial charge in [0.25, 0.3) is 0 Å². The number of aryl methyl sites for hydroxylation is 1. The average Bonchev–Trinajstić information content (AvgIpc) is 3.55. The summed E-state index contributed by atoms with van der Waals surface area (Å²) in [4.78, 5) is 2.48. The van der Waals surface area contributed by atoms with Gasteiger partial charge in [-0.1, -0.05) is 133 Å². The molecule has 0 amide bonds. The minimum absolute atomic E-state index is 1.12. The topological polar surface area (TPSA) is 3.24 Å². The molecule has 9 rings (SSSR count). The highest BCUT2D eigenvalue weighted by atomic mass is 32.1. The van der Waals surface area contributed by atoms with E-state index in [2.05, 4.69) is 194 Å². The lowest BCUT2D eigenvalue weighted by molar-refractivity contribution is 1.29. The van der Waals surface area contributed by atoms with Crippen molar-refractivity contribution >= 4 is 59.3 Å². The first kappa shape index (κ1) is 29.2. The molecule has 0 N–H and O–H groups in total. The van der Waals surface area contributed by atoms with Crippen molar-refractivity contribution < 1.29 is 0 Å². The van der Waals surface area contributed by atoms with Crippen LogP contribution < -0.4 is 4.90 Å². The van der Waals surface area contributed by atoms with Gasteiger partial charge in [-0.05, 0) is 99.6 Å². The van der Waals surface area contributed by atoms with Gasteiger partial charge in [-0.3, -0.25) is 0 Å². The molecule has 0 bridgehead atoms. The zero-order chi connectivity index (χ0) is 32.7. The number of anilines is 3. The number of fused-ring (bicyclic) bond motifs is 4. The van der Waals surface area contributed by atoms with E-state index >= 15 is 0 Å². The molecule has 49 heavy (non-hydrogen) atoms. The van der Waals surface area contributed by atoms with Gasteiger partial charge in [-0.25, -0.2) is 0 Å². The van der Waals surface area contributed by atoms with E-state index in [1.54, 1.807) is 0 Å². The van der Waals surface area contributed by atoms with Gasteiger partial charge in [0.1, 0.15) is 0 Å². The Hall–Kier alpha value is -5.96. The van der Waals surface area contributed by atoms with Crippen LogP contribution in [0.1, 0.15) is 5.56 Å². The maximum absolute atomic E-state index is 2.48. The lowest BCUT2D eigenvalue weighted by Gasteiger charge is -2.29. The summed E-state index contributed by atoms with van der Waals surface area (Å²) in [5, 5.41) is 5.10. The van der Waals surface area contributed by atoms with Gasteiger partial charge in [0.2, 0.25) is 0 Å². The molecule has 9 aromatic rings. The molecule has 2 heteroatoms. The van der Waals surface area contributed by atoms with Crippen LogP contribution >= 0.6 is 11.3 Å². The molecule has 0 unspecified atom stereocenters. The molecule has 1 nitrogen and oxygen atoms in total. The van der Waals surface area contributed by atoms with E-state index in [0.717, 1.165) is 17.1 Å². The maximum Gasteiger partial charge on any atom is 0.0546 e. The van der Waals surface area contributed by atoms with Gasteiger partial charge in [-0.15, -0.1) is 11.3 Å². The Morgan fingerprint density at radius 3 is 1.65 bits per heavy atom. The number of benzene rings is 8. The van der Waals surface area contributed by atoms with Gasteiger partial charge in [-0.2, -0.15) is 0 Å². The van der Waals surface area contributed by atoms with Crippen molar-refractivity contribution in [2.75, 3.05) is 4.90 Å². The van der Waals surface area contributed by atoms with E-state index < -0.39 is 0 Å². The highest BCUT2D eigenvalue weighted by Crippen LogP contribution is 2.47. The molecule has 0 spiro atoms. The molecule has 0 atom stereocenters. The van der Waals surface area contributed by atoms with Crippen LogP contribution in [0.15, 0.2) is 182 Å². The lowest BCUT2D eigenvalue weighted by Crippen LogP contribution is -2.12. The zero-order valence-corrected chi connectivity index (χ0v) is 28.0. The predicted octanol–water partition coefficient (Wildman–Crippen LogP) is 14.0. The van der Waals surface area contributed by atoms with Crippen LogP contribution in [-0.2, 0) is 0 Å². The fourth-order valence-corrected chi connectivity index (χ4v) is 8.37. The van der Waals surface area contributed by atoms with Crippen molar-refractivity contribution in [2.24, 2.45) is 0 Å². The Balaban J connectivity index is 1.37. The number of rotatable bonds is 6. The van der Waals surface area contributed by atoms with Crippen molar-refractivity contribution in [1.82, 2.24) is 0 Å². The van der Waals surface area contributed by atoms with E-state index in [-0.39, 0.29) is 0 Å². The first-order valence-corrected chi connectivity index (χ1v) is 17.6. The normalized spacial score (nSPS) is 11.4. The molecule has 0 aliphatic carbocycles. The van der Waals surface area contributed by atoms with Crippen LogP contribution in [0.25, 0.3) is 64.3 Å². The van der Waals surface area contributed by atoms with Crippen molar-refractivity contribution in [3.8, 4) is 33.4 Å². The van der Waals surface area contributed by atoms with Crippen LogP contribution in [0.4, 0.5) is 17.1 Å². The highest BCUT2D eigenvalue weighted by molar-refractivity contribution is 7.25. The van der Waals surface area contributed by atoms with Crippen molar-refractivity contribution in [3.63, 3.8) is 0 Å². The van der Waals surface area contributed by atoms with Crippen LogP contribution in [0.5, 0.6) is 0 Å². The fourth-order valence-electron chi connectivity index (χ4n) is 7.15. The summed E-state index contributed by atoms with van der Waals surface area (Å²) in [5.74, 6) is 0. The second-order valence-corrected chi connectivity index (χ2v) is 13.7. The summed E-state index contributed by atoms with van der Waals surface area (Å²) in [6.07, 6.45) is 0. The summed E-state index contributed by atoms with van der Waals surface area (Å²) in [7, 11) is 0. The number of thiophene rings is 1. The first-order valence-electron chi connectivity index (χ1n) is 16.8. The standard InChI is InChI=1S/C47H33NS/c1-32-14-13-23-45-47(32)42-25-24-40(31-46(42)49-45)48(44-30-37-22-12-11-21-36(37)29-43(44)35-19-9-4-10-20-35)41-27-38(33-15-5-2-6-16-33)26-39(28-41)34-17-7-3-8-18-34/h2-31H,1H3. The van der Waals surface area contributed by atoms with E-state index in [4.69, 9.17) is 0 Å². The third-order valence-corrected chi connectivity index (χ3v) is 10.6. The maximum atomic E-state index is 2.48. The van der Waals surface area contributed by atoms with Crippen molar-refractivity contribution in [1.29, 1.82) is 0 Å². The molecule has 232 valence electrons. The molecular weight excluding hydrogens is 611 g/mol. The number of nitrogens with zero attached hydrogens (tertiary/aromatic N) is 1. The summed E-state index contributed by atoms with van der Waals surface area (Å²) in [6, 6.07) is 66.4. The summed E-state index contributed by atoms with van der Waals surface area (Å²) < 4.78 is 2.61. The monoisotopic (exact) mass is 643 g/mol. The van der Waals surface area contributed by atoms with Crippen LogP contribution in [-0.4, -0.2) is 0 Å². The molecule has 0 saturated carbocycles. The van der Waals surface area contributed by atoms with Crippen LogP contribution in [0.3, 0.4) is 0 Å². The Bertz CT molecular complexity index is 2540. The average molecular weight is 644 g/mol. The molecule has 0 saturated heterocycles. The SMILES string of the molecule is Cc1cccc2sc3cc(N(c4cc(-c5ccccc5)cc(-c5ccccc5)c4)c4cc5ccccc5cc4-c4ccccc4)ccc3c12. The third kappa shape index (κ3) is 5.37. The second kappa shape index (κ2) is 12.2. The first-order chi connectivity index (χ1) is 24.2. The summed E-state index contributed by atoms with van der Waals surface area (Å²) in [5.41, 5.74) is 11.8. The van der Waals surface area contributed by atoms with Crippen LogP contribution in [0, 0.1) is 6.92 Å². The van der Waals surface area contributed by atoms with Gasteiger partial charge >= 0.3 is 0 Å². The molecule has 1 aromatic heterocycles. The van der Waals surface area contributed by atoms with Crippen molar-refractivity contribution in [3.05, 3.63) is 188 Å². The third-order valence-electron chi connectivity index (χ3n) is 9.53. The molecule has 1 heterocycles.